The van der Waals surface area contributed by atoms with Crippen molar-refractivity contribution in [1.29, 1.82) is 0 Å². The molecule has 0 aliphatic rings. The lowest BCUT2D eigenvalue weighted by molar-refractivity contribution is -0.420. The second-order valence-electron chi connectivity index (χ2n) is 3.89. The number of benzene rings is 2. The largest absolute Gasteiger partial charge is 0.457 e. The third-order valence-electron chi connectivity index (χ3n) is 2.43. The van der Waals surface area contributed by atoms with Gasteiger partial charge in [0, 0.05) is 5.56 Å². The molecule has 1 atom stereocenters. The van der Waals surface area contributed by atoms with E-state index in [0.29, 0.717) is 6.04 Å². The van der Waals surface area contributed by atoms with Gasteiger partial charge in [0.15, 0.2) is 0 Å². The fraction of sp³-hybridized carbons (Fsp3) is 0.143. The van der Waals surface area contributed by atoms with Gasteiger partial charge in [-0.05, 0) is 43.3 Å². The van der Waals surface area contributed by atoms with Crippen molar-refractivity contribution in [3.8, 4) is 11.5 Å². The van der Waals surface area contributed by atoms with Gasteiger partial charge < -0.3 is 10.5 Å². The van der Waals surface area contributed by atoms with Crippen LogP contribution >= 0.6 is 0 Å². The first-order valence-electron chi connectivity index (χ1n) is 5.41. The van der Waals surface area contributed by atoms with Crippen LogP contribution in [0.25, 0.3) is 0 Å². The number of hydrogen-bond acceptors (Lipinski definition) is 1. The number of quaternary nitrogens is 1. The van der Waals surface area contributed by atoms with E-state index in [1.807, 2.05) is 42.5 Å². The average Bonchev–Trinajstić information content (AvgIpc) is 2.31. The fourth-order valence-electron chi connectivity index (χ4n) is 1.49. The summed E-state index contributed by atoms with van der Waals surface area (Å²) in [5, 5.41) is 0. The molecule has 2 heteroatoms. The Morgan fingerprint density at radius 1 is 0.875 bits per heavy atom. The highest BCUT2D eigenvalue weighted by atomic mass is 16.5. The van der Waals surface area contributed by atoms with E-state index in [1.165, 1.54) is 5.56 Å². The monoisotopic (exact) mass is 214 g/mol. The molecule has 0 saturated heterocycles. The van der Waals surface area contributed by atoms with Crippen molar-refractivity contribution in [2.45, 2.75) is 13.0 Å². The van der Waals surface area contributed by atoms with E-state index >= 15 is 0 Å². The summed E-state index contributed by atoms with van der Waals surface area (Å²) in [6, 6.07) is 18.1. The topological polar surface area (TPSA) is 36.9 Å². The van der Waals surface area contributed by atoms with Crippen molar-refractivity contribution in [3.63, 3.8) is 0 Å². The molecular formula is C14H16NO+. The predicted molar refractivity (Wildman–Crippen MR) is 64.3 cm³/mol. The number of hydrogen-bond donors (Lipinski definition) is 1. The molecule has 2 rings (SSSR count). The summed E-state index contributed by atoms with van der Waals surface area (Å²) in [7, 11) is 0. The summed E-state index contributed by atoms with van der Waals surface area (Å²) < 4.78 is 5.69. The van der Waals surface area contributed by atoms with E-state index in [1.54, 1.807) is 0 Å². The summed E-state index contributed by atoms with van der Waals surface area (Å²) in [5.74, 6) is 1.72. The van der Waals surface area contributed by atoms with Gasteiger partial charge in [-0.3, -0.25) is 0 Å². The lowest BCUT2D eigenvalue weighted by Crippen LogP contribution is -2.51. The summed E-state index contributed by atoms with van der Waals surface area (Å²) in [6.45, 7) is 2.08. The normalized spacial score (nSPS) is 12.1. The Kier molecular flexibility index (Phi) is 3.22. The zero-order chi connectivity index (χ0) is 11.4. The zero-order valence-corrected chi connectivity index (χ0v) is 9.39. The first kappa shape index (κ1) is 10.7. The van der Waals surface area contributed by atoms with Crippen molar-refractivity contribution in [1.82, 2.24) is 0 Å². The molecule has 0 aliphatic carbocycles. The molecule has 2 nitrogen and oxygen atoms in total. The molecule has 0 saturated carbocycles. The average molecular weight is 214 g/mol. The van der Waals surface area contributed by atoms with Gasteiger partial charge in [0.2, 0.25) is 0 Å². The minimum Gasteiger partial charge on any atom is -0.457 e. The molecule has 0 bridgehead atoms. The van der Waals surface area contributed by atoms with E-state index in [2.05, 4.69) is 24.8 Å². The number of para-hydroxylation sites is 1. The third kappa shape index (κ3) is 2.61. The smallest absolute Gasteiger partial charge is 0.127 e. The van der Waals surface area contributed by atoms with Gasteiger partial charge in [-0.1, -0.05) is 18.2 Å². The molecule has 16 heavy (non-hydrogen) atoms. The van der Waals surface area contributed by atoms with Crippen LogP contribution in [0, 0.1) is 0 Å². The van der Waals surface area contributed by atoms with Crippen LogP contribution < -0.4 is 10.5 Å². The van der Waals surface area contributed by atoms with Crippen molar-refractivity contribution in [2.24, 2.45) is 0 Å². The van der Waals surface area contributed by atoms with E-state index in [0.717, 1.165) is 11.5 Å². The number of ether oxygens (including phenoxy) is 1. The van der Waals surface area contributed by atoms with Crippen LogP contribution in [-0.2, 0) is 0 Å². The molecule has 0 aromatic heterocycles. The van der Waals surface area contributed by atoms with Crippen LogP contribution in [0.1, 0.15) is 18.5 Å². The van der Waals surface area contributed by atoms with E-state index in [4.69, 9.17) is 4.74 Å². The maximum Gasteiger partial charge on any atom is 0.127 e. The molecule has 82 valence electrons. The summed E-state index contributed by atoms with van der Waals surface area (Å²) >= 11 is 0. The Morgan fingerprint density at radius 3 is 2.00 bits per heavy atom. The van der Waals surface area contributed by atoms with Gasteiger partial charge in [-0.25, -0.2) is 0 Å². The minimum absolute atomic E-state index is 0.311. The van der Waals surface area contributed by atoms with Crippen molar-refractivity contribution in [3.05, 3.63) is 60.2 Å². The van der Waals surface area contributed by atoms with Crippen molar-refractivity contribution in [2.75, 3.05) is 0 Å². The lowest BCUT2D eigenvalue weighted by atomic mass is 10.1. The molecule has 0 spiro atoms. The molecule has 2 aromatic carbocycles. The van der Waals surface area contributed by atoms with Crippen molar-refractivity contribution >= 4 is 0 Å². The minimum atomic E-state index is 0.311. The molecule has 0 heterocycles. The highest BCUT2D eigenvalue weighted by Crippen LogP contribution is 2.22. The van der Waals surface area contributed by atoms with Gasteiger partial charge in [0.1, 0.15) is 17.5 Å². The Labute approximate surface area is 95.7 Å². The maximum atomic E-state index is 5.69. The molecule has 0 fully saturated rings. The Hall–Kier alpha value is -1.80. The highest BCUT2D eigenvalue weighted by molar-refractivity contribution is 5.33. The summed E-state index contributed by atoms with van der Waals surface area (Å²) in [6.07, 6.45) is 0. The molecule has 3 N–H and O–H groups in total. The van der Waals surface area contributed by atoms with Gasteiger partial charge in [0.25, 0.3) is 0 Å². The molecule has 2 aromatic rings. The van der Waals surface area contributed by atoms with Crippen LogP contribution in [0.15, 0.2) is 54.6 Å². The lowest BCUT2D eigenvalue weighted by Gasteiger charge is -2.07. The standard InChI is InChI=1S/C14H15NO/c1-11(15)12-7-9-14(10-8-12)16-13-5-3-2-4-6-13/h2-11H,15H2,1H3/p+1/t11-/m0/s1. The summed E-state index contributed by atoms with van der Waals surface area (Å²) in [4.78, 5) is 0. The van der Waals surface area contributed by atoms with Gasteiger partial charge >= 0.3 is 0 Å². The van der Waals surface area contributed by atoms with E-state index in [-0.39, 0.29) is 0 Å². The molecule has 0 aliphatic heterocycles. The van der Waals surface area contributed by atoms with Crippen LogP contribution in [-0.4, -0.2) is 0 Å². The van der Waals surface area contributed by atoms with Crippen LogP contribution in [0.2, 0.25) is 0 Å². The maximum absolute atomic E-state index is 5.69. The van der Waals surface area contributed by atoms with Gasteiger partial charge in [0.05, 0.1) is 0 Å². The van der Waals surface area contributed by atoms with Crippen LogP contribution in [0.5, 0.6) is 11.5 Å². The SMILES string of the molecule is C[C@H]([NH3+])c1ccc(Oc2ccccc2)cc1. The van der Waals surface area contributed by atoms with E-state index < -0.39 is 0 Å². The van der Waals surface area contributed by atoms with Crippen LogP contribution in [0.4, 0.5) is 0 Å². The molecular weight excluding hydrogens is 198 g/mol. The van der Waals surface area contributed by atoms with Gasteiger partial charge in [-0.2, -0.15) is 0 Å². The Morgan fingerprint density at radius 2 is 1.44 bits per heavy atom. The molecule has 0 amide bonds. The quantitative estimate of drug-likeness (QED) is 0.838. The molecule has 0 radical (unpaired) electrons. The van der Waals surface area contributed by atoms with E-state index in [9.17, 15) is 0 Å². The van der Waals surface area contributed by atoms with Crippen molar-refractivity contribution < 1.29 is 10.5 Å². The summed E-state index contributed by atoms with van der Waals surface area (Å²) in [5.41, 5.74) is 5.20. The third-order valence-corrected chi connectivity index (χ3v) is 2.43. The highest BCUT2D eigenvalue weighted by Gasteiger charge is 2.02. The fourth-order valence-corrected chi connectivity index (χ4v) is 1.49. The second kappa shape index (κ2) is 4.81. The first-order valence-corrected chi connectivity index (χ1v) is 5.41. The number of rotatable bonds is 3. The first-order chi connectivity index (χ1) is 7.75. The van der Waals surface area contributed by atoms with Crippen LogP contribution in [0.3, 0.4) is 0 Å². The Bertz CT molecular complexity index is 434. The molecule has 0 unspecified atom stereocenters. The predicted octanol–water partition coefficient (Wildman–Crippen LogP) is 2.78. The van der Waals surface area contributed by atoms with Gasteiger partial charge in [-0.15, -0.1) is 0 Å². The Balaban J connectivity index is 2.11. The zero-order valence-electron chi connectivity index (χ0n) is 9.39. The second-order valence-corrected chi connectivity index (χ2v) is 3.89.